The van der Waals surface area contributed by atoms with Crippen molar-refractivity contribution in [2.45, 2.75) is 11.8 Å². The molecule has 0 heterocycles. The summed E-state index contributed by atoms with van der Waals surface area (Å²) in [6.45, 7) is 0. The van der Waals surface area contributed by atoms with E-state index < -0.39 is 0 Å². The second kappa shape index (κ2) is 3.43. The first-order chi connectivity index (χ1) is 4.33. The van der Waals surface area contributed by atoms with Crippen molar-refractivity contribution < 1.29 is 0 Å². The normalized spacial score (nSPS) is 26.0. The Morgan fingerprint density at radius 1 is 1.78 bits per heavy atom. The lowest BCUT2D eigenvalue weighted by Crippen LogP contribution is -1.97. The third-order valence-corrected chi connectivity index (χ3v) is 2.25. The summed E-state index contributed by atoms with van der Waals surface area (Å²) in [5, 5.41) is 1.15. The van der Waals surface area contributed by atoms with Gasteiger partial charge < -0.3 is 0 Å². The van der Waals surface area contributed by atoms with Crippen LogP contribution in [0.25, 0.3) is 0 Å². The molecule has 0 aromatic heterocycles. The Bertz CT molecular complexity index is 149. The second-order valence-corrected chi connectivity index (χ2v) is 3.14. The first kappa shape index (κ1) is 7.36. The number of rotatable bonds is 1. The number of hydrogen-bond acceptors (Lipinski definition) is 0. The van der Waals surface area contributed by atoms with Gasteiger partial charge in [-0.05, 0) is 12.0 Å². The third kappa shape index (κ3) is 2.15. The first-order valence-electron chi connectivity index (χ1n) is 2.90. The van der Waals surface area contributed by atoms with Crippen molar-refractivity contribution in [2.24, 2.45) is 0 Å². The van der Waals surface area contributed by atoms with Gasteiger partial charge in [-0.15, -0.1) is 11.6 Å². The van der Waals surface area contributed by atoms with Gasteiger partial charge in [0.15, 0.2) is 0 Å². The number of alkyl halides is 2. The van der Waals surface area contributed by atoms with Crippen molar-refractivity contribution >= 4 is 27.5 Å². The van der Waals surface area contributed by atoms with Gasteiger partial charge in [0.1, 0.15) is 0 Å². The van der Waals surface area contributed by atoms with Crippen LogP contribution in [0.15, 0.2) is 23.8 Å². The van der Waals surface area contributed by atoms with E-state index in [9.17, 15) is 0 Å². The van der Waals surface area contributed by atoms with E-state index in [0.717, 1.165) is 11.8 Å². The molecule has 1 rings (SSSR count). The topological polar surface area (TPSA) is 0 Å². The monoisotopic (exact) mass is 206 g/mol. The molecule has 1 aliphatic carbocycles. The maximum absolute atomic E-state index is 5.79. The Balaban J connectivity index is 2.52. The van der Waals surface area contributed by atoms with Gasteiger partial charge in [0.25, 0.3) is 0 Å². The molecule has 0 saturated heterocycles. The quantitative estimate of drug-likeness (QED) is 0.580. The molecule has 0 aromatic carbocycles. The van der Waals surface area contributed by atoms with E-state index in [4.69, 9.17) is 11.6 Å². The van der Waals surface area contributed by atoms with E-state index in [1.807, 2.05) is 6.08 Å². The van der Waals surface area contributed by atoms with Crippen molar-refractivity contribution in [3.8, 4) is 0 Å². The minimum Gasteiger partial charge on any atom is -0.118 e. The SMILES string of the molecule is Cl[C@H]1C=CC(CBr)=CC1. The average Bonchev–Trinajstić information content (AvgIpc) is 1.90. The fraction of sp³-hybridized carbons (Fsp3) is 0.429. The molecule has 0 amide bonds. The lowest BCUT2D eigenvalue weighted by molar-refractivity contribution is 1.03. The highest BCUT2D eigenvalue weighted by Gasteiger charge is 2.02. The summed E-state index contributed by atoms with van der Waals surface area (Å²) in [6, 6.07) is 0. The fourth-order valence-electron chi connectivity index (χ4n) is 0.738. The van der Waals surface area contributed by atoms with Gasteiger partial charge in [0.05, 0.1) is 5.38 Å². The fourth-order valence-corrected chi connectivity index (χ4v) is 1.32. The second-order valence-electron chi connectivity index (χ2n) is 2.02. The van der Waals surface area contributed by atoms with E-state index >= 15 is 0 Å². The van der Waals surface area contributed by atoms with Gasteiger partial charge in [0.2, 0.25) is 0 Å². The molecule has 1 aliphatic rings. The van der Waals surface area contributed by atoms with E-state index in [0.29, 0.717) is 0 Å². The lowest BCUT2D eigenvalue weighted by atomic mass is 10.1. The molecular weight excluding hydrogens is 199 g/mol. The van der Waals surface area contributed by atoms with Crippen LogP contribution in [0.1, 0.15) is 6.42 Å². The van der Waals surface area contributed by atoms with Gasteiger partial charge in [-0.2, -0.15) is 0 Å². The predicted molar refractivity (Wildman–Crippen MR) is 45.3 cm³/mol. The smallest absolute Gasteiger partial charge is 0.0553 e. The van der Waals surface area contributed by atoms with Gasteiger partial charge in [-0.25, -0.2) is 0 Å². The Labute approximate surface area is 68.7 Å². The minimum atomic E-state index is 0.216. The van der Waals surface area contributed by atoms with Crippen LogP contribution in [0.5, 0.6) is 0 Å². The number of halogens is 2. The maximum Gasteiger partial charge on any atom is 0.0553 e. The first-order valence-corrected chi connectivity index (χ1v) is 4.46. The molecule has 9 heavy (non-hydrogen) atoms. The summed E-state index contributed by atoms with van der Waals surface area (Å²) >= 11 is 9.16. The number of allylic oxidation sites excluding steroid dienone is 4. The molecule has 0 radical (unpaired) electrons. The van der Waals surface area contributed by atoms with E-state index in [2.05, 4.69) is 28.1 Å². The van der Waals surface area contributed by atoms with E-state index in [1.165, 1.54) is 5.57 Å². The molecule has 0 unspecified atom stereocenters. The summed E-state index contributed by atoms with van der Waals surface area (Å²) < 4.78 is 0. The summed E-state index contributed by atoms with van der Waals surface area (Å²) in [7, 11) is 0. The summed E-state index contributed by atoms with van der Waals surface area (Å²) in [4.78, 5) is 0. The zero-order valence-electron chi connectivity index (χ0n) is 4.98. The van der Waals surface area contributed by atoms with Crippen LogP contribution in [0.3, 0.4) is 0 Å². The Morgan fingerprint density at radius 2 is 2.56 bits per heavy atom. The standard InChI is InChI=1S/C7H8BrCl/c8-5-6-1-3-7(9)4-2-6/h1-3,7H,4-5H2/t7-/m0/s1. The number of hydrogen-bond donors (Lipinski definition) is 0. The molecule has 0 bridgehead atoms. The maximum atomic E-state index is 5.79. The molecule has 50 valence electrons. The highest BCUT2D eigenvalue weighted by atomic mass is 79.9. The molecule has 1 atom stereocenters. The van der Waals surface area contributed by atoms with E-state index in [-0.39, 0.29) is 5.38 Å². The van der Waals surface area contributed by atoms with Gasteiger partial charge >= 0.3 is 0 Å². The lowest BCUT2D eigenvalue weighted by Gasteiger charge is -2.06. The van der Waals surface area contributed by atoms with Crippen LogP contribution in [0, 0.1) is 0 Å². The van der Waals surface area contributed by atoms with Crippen molar-refractivity contribution in [1.29, 1.82) is 0 Å². The van der Waals surface area contributed by atoms with Crippen LogP contribution in [-0.4, -0.2) is 10.7 Å². The molecule has 0 N–H and O–H groups in total. The summed E-state index contributed by atoms with van der Waals surface area (Å²) in [6.07, 6.45) is 7.22. The Morgan fingerprint density at radius 3 is 3.00 bits per heavy atom. The van der Waals surface area contributed by atoms with Gasteiger partial charge in [-0.1, -0.05) is 34.2 Å². The van der Waals surface area contributed by atoms with Crippen LogP contribution in [0.2, 0.25) is 0 Å². The minimum absolute atomic E-state index is 0.216. The predicted octanol–water partition coefficient (Wildman–Crippen LogP) is 2.88. The third-order valence-electron chi connectivity index (χ3n) is 1.28. The largest absolute Gasteiger partial charge is 0.118 e. The summed E-state index contributed by atoms with van der Waals surface area (Å²) in [5.74, 6) is 0. The molecule has 0 nitrogen and oxygen atoms in total. The van der Waals surface area contributed by atoms with Crippen molar-refractivity contribution in [1.82, 2.24) is 0 Å². The van der Waals surface area contributed by atoms with Crippen LogP contribution < -0.4 is 0 Å². The van der Waals surface area contributed by atoms with Crippen molar-refractivity contribution in [3.63, 3.8) is 0 Å². The van der Waals surface area contributed by atoms with E-state index in [1.54, 1.807) is 0 Å². The van der Waals surface area contributed by atoms with Crippen LogP contribution in [0.4, 0.5) is 0 Å². The van der Waals surface area contributed by atoms with Crippen molar-refractivity contribution in [3.05, 3.63) is 23.8 Å². The zero-order chi connectivity index (χ0) is 6.69. The summed E-state index contributed by atoms with van der Waals surface area (Å²) in [5.41, 5.74) is 1.33. The molecular formula is C7H8BrCl. The molecule has 0 saturated carbocycles. The molecule has 0 fully saturated rings. The zero-order valence-corrected chi connectivity index (χ0v) is 7.32. The molecule has 0 aromatic rings. The van der Waals surface area contributed by atoms with Gasteiger partial charge in [-0.3, -0.25) is 0 Å². The van der Waals surface area contributed by atoms with Crippen molar-refractivity contribution in [2.75, 3.05) is 5.33 Å². The Kier molecular flexibility index (Phi) is 2.80. The van der Waals surface area contributed by atoms with Crippen LogP contribution >= 0.6 is 27.5 Å². The average molecular weight is 207 g/mol. The Hall–Kier alpha value is 0.250. The molecule has 0 aliphatic heterocycles. The highest BCUT2D eigenvalue weighted by Crippen LogP contribution is 2.15. The highest BCUT2D eigenvalue weighted by molar-refractivity contribution is 9.09. The molecule has 0 spiro atoms. The molecule has 2 heteroatoms. The van der Waals surface area contributed by atoms with Gasteiger partial charge in [0, 0.05) is 5.33 Å². The van der Waals surface area contributed by atoms with Crippen LogP contribution in [-0.2, 0) is 0 Å².